The molecule has 1 saturated heterocycles. The third-order valence-electron chi connectivity index (χ3n) is 3.52. The topological polar surface area (TPSA) is 69.6 Å². The van der Waals surface area contributed by atoms with Gasteiger partial charge in [0.25, 0.3) is 0 Å². The zero-order valence-electron chi connectivity index (χ0n) is 12.2. The molecular formula is C14H26N2O3. The van der Waals surface area contributed by atoms with Gasteiger partial charge in [-0.3, -0.25) is 9.59 Å². The lowest BCUT2D eigenvalue weighted by molar-refractivity contribution is -0.145. The first kappa shape index (κ1) is 16.0. The van der Waals surface area contributed by atoms with Gasteiger partial charge in [0, 0.05) is 13.1 Å². The number of nitrogens with one attached hydrogen (secondary N) is 1. The van der Waals surface area contributed by atoms with Gasteiger partial charge in [-0.05, 0) is 31.2 Å². The van der Waals surface area contributed by atoms with Gasteiger partial charge in [0.15, 0.2) is 0 Å². The summed E-state index contributed by atoms with van der Waals surface area (Å²) in [5.74, 6) is -0.939. The number of carboxylic acid groups (broad SMARTS) is 1. The number of hydrogen-bond acceptors (Lipinski definition) is 3. The molecule has 1 amide bonds. The maximum atomic E-state index is 11.9. The predicted octanol–water partition coefficient (Wildman–Crippen LogP) is 1.34. The van der Waals surface area contributed by atoms with Gasteiger partial charge in [-0.2, -0.15) is 0 Å². The van der Waals surface area contributed by atoms with E-state index in [1.54, 1.807) is 4.90 Å². The van der Waals surface area contributed by atoms with Crippen LogP contribution in [-0.2, 0) is 9.59 Å². The largest absolute Gasteiger partial charge is 0.481 e. The SMILES string of the molecule is CC(C)(C)CCNCC(=O)N1CCC(C(=O)O)CC1. The van der Waals surface area contributed by atoms with Gasteiger partial charge in [0.1, 0.15) is 0 Å². The Morgan fingerprint density at radius 2 is 1.84 bits per heavy atom. The summed E-state index contributed by atoms with van der Waals surface area (Å²) >= 11 is 0. The fourth-order valence-corrected chi connectivity index (χ4v) is 2.15. The summed E-state index contributed by atoms with van der Waals surface area (Å²) in [6.45, 7) is 8.84. The minimum atomic E-state index is -0.740. The molecule has 0 atom stereocenters. The fraction of sp³-hybridized carbons (Fsp3) is 0.857. The van der Waals surface area contributed by atoms with E-state index in [0.29, 0.717) is 32.5 Å². The molecule has 5 heteroatoms. The first-order valence-electron chi connectivity index (χ1n) is 7.01. The number of amides is 1. The summed E-state index contributed by atoms with van der Waals surface area (Å²) in [6.07, 6.45) is 2.17. The number of piperidine rings is 1. The van der Waals surface area contributed by atoms with Crippen molar-refractivity contribution in [1.29, 1.82) is 0 Å². The summed E-state index contributed by atoms with van der Waals surface area (Å²) in [4.78, 5) is 24.5. The Bertz CT molecular complexity index is 315. The number of rotatable bonds is 5. The molecule has 0 spiro atoms. The maximum absolute atomic E-state index is 11.9. The predicted molar refractivity (Wildman–Crippen MR) is 73.9 cm³/mol. The fourth-order valence-electron chi connectivity index (χ4n) is 2.15. The van der Waals surface area contributed by atoms with Gasteiger partial charge < -0.3 is 15.3 Å². The molecule has 5 nitrogen and oxygen atoms in total. The zero-order valence-corrected chi connectivity index (χ0v) is 12.2. The van der Waals surface area contributed by atoms with Crippen molar-refractivity contribution in [3.05, 3.63) is 0 Å². The normalized spacial score (nSPS) is 17.5. The summed E-state index contributed by atoms with van der Waals surface area (Å²) in [7, 11) is 0. The molecule has 1 aliphatic rings. The average molecular weight is 270 g/mol. The first-order valence-corrected chi connectivity index (χ1v) is 7.01. The number of carbonyl (C=O) groups excluding carboxylic acids is 1. The van der Waals surface area contributed by atoms with Crippen LogP contribution in [-0.4, -0.2) is 48.1 Å². The number of carboxylic acids is 1. The van der Waals surface area contributed by atoms with Crippen LogP contribution < -0.4 is 5.32 Å². The van der Waals surface area contributed by atoms with Gasteiger partial charge in [-0.15, -0.1) is 0 Å². The molecule has 0 bridgehead atoms. The Morgan fingerprint density at radius 1 is 1.26 bits per heavy atom. The Kier molecular flexibility index (Phi) is 5.79. The number of nitrogens with zero attached hydrogens (tertiary/aromatic N) is 1. The summed E-state index contributed by atoms with van der Waals surface area (Å²) in [5, 5.41) is 12.1. The number of carbonyl (C=O) groups is 2. The third kappa shape index (κ3) is 6.05. The third-order valence-corrected chi connectivity index (χ3v) is 3.52. The highest BCUT2D eigenvalue weighted by Crippen LogP contribution is 2.18. The van der Waals surface area contributed by atoms with E-state index in [9.17, 15) is 9.59 Å². The van der Waals surface area contributed by atoms with E-state index in [1.165, 1.54) is 0 Å². The van der Waals surface area contributed by atoms with E-state index in [4.69, 9.17) is 5.11 Å². The molecule has 0 saturated carbocycles. The summed E-state index contributed by atoms with van der Waals surface area (Å²) < 4.78 is 0. The van der Waals surface area contributed by atoms with Crippen LogP contribution in [0.3, 0.4) is 0 Å². The maximum Gasteiger partial charge on any atom is 0.306 e. The van der Waals surface area contributed by atoms with Crippen LogP contribution in [0.25, 0.3) is 0 Å². The minimum Gasteiger partial charge on any atom is -0.481 e. The molecule has 1 heterocycles. The van der Waals surface area contributed by atoms with Crippen molar-refractivity contribution in [3.63, 3.8) is 0 Å². The highest BCUT2D eigenvalue weighted by molar-refractivity contribution is 5.78. The van der Waals surface area contributed by atoms with Gasteiger partial charge in [-0.1, -0.05) is 20.8 Å². The van der Waals surface area contributed by atoms with Crippen LogP contribution in [0.15, 0.2) is 0 Å². The molecule has 2 N–H and O–H groups in total. The molecule has 19 heavy (non-hydrogen) atoms. The second-order valence-corrected chi connectivity index (χ2v) is 6.48. The molecular weight excluding hydrogens is 244 g/mol. The van der Waals surface area contributed by atoms with Crippen LogP contribution in [0.4, 0.5) is 0 Å². The molecule has 110 valence electrons. The lowest BCUT2D eigenvalue weighted by Gasteiger charge is -2.30. The van der Waals surface area contributed by atoms with Crippen molar-refractivity contribution in [2.45, 2.75) is 40.0 Å². The van der Waals surface area contributed by atoms with E-state index in [2.05, 4.69) is 26.1 Å². The molecule has 0 aromatic heterocycles. The lowest BCUT2D eigenvalue weighted by atomic mass is 9.92. The highest BCUT2D eigenvalue weighted by atomic mass is 16.4. The van der Waals surface area contributed by atoms with Crippen LogP contribution in [0, 0.1) is 11.3 Å². The first-order chi connectivity index (χ1) is 8.79. The quantitative estimate of drug-likeness (QED) is 0.740. The Balaban J connectivity index is 2.19. The average Bonchev–Trinajstić information content (AvgIpc) is 2.33. The van der Waals surface area contributed by atoms with Crippen molar-refractivity contribution in [3.8, 4) is 0 Å². The summed E-state index contributed by atoms with van der Waals surface area (Å²) in [5.41, 5.74) is 0.274. The van der Waals surface area contributed by atoms with E-state index < -0.39 is 5.97 Å². The van der Waals surface area contributed by atoms with Crippen molar-refractivity contribution >= 4 is 11.9 Å². The van der Waals surface area contributed by atoms with Gasteiger partial charge >= 0.3 is 5.97 Å². The van der Waals surface area contributed by atoms with Crippen molar-refractivity contribution < 1.29 is 14.7 Å². The minimum absolute atomic E-state index is 0.0812. The van der Waals surface area contributed by atoms with Crippen LogP contribution in [0.2, 0.25) is 0 Å². The van der Waals surface area contributed by atoms with Crippen LogP contribution in [0.1, 0.15) is 40.0 Å². The van der Waals surface area contributed by atoms with Gasteiger partial charge in [0.2, 0.25) is 5.91 Å². The molecule has 1 fully saturated rings. The number of aliphatic carboxylic acids is 1. The molecule has 0 aromatic carbocycles. The monoisotopic (exact) mass is 270 g/mol. The van der Waals surface area contributed by atoms with Gasteiger partial charge in [0.05, 0.1) is 12.5 Å². The van der Waals surface area contributed by atoms with Gasteiger partial charge in [-0.25, -0.2) is 0 Å². The molecule has 0 radical (unpaired) electrons. The second kappa shape index (κ2) is 6.89. The van der Waals surface area contributed by atoms with Crippen LogP contribution >= 0.6 is 0 Å². The Hall–Kier alpha value is -1.10. The molecule has 0 aromatic rings. The molecule has 1 aliphatic heterocycles. The number of hydrogen-bond donors (Lipinski definition) is 2. The second-order valence-electron chi connectivity index (χ2n) is 6.48. The smallest absolute Gasteiger partial charge is 0.306 e. The molecule has 1 rings (SSSR count). The van der Waals surface area contributed by atoms with E-state index >= 15 is 0 Å². The summed E-state index contributed by atoms with van der Waals surface area (Å²) in [6, 6.07) is 0. The molecule has 0 unspecified atom stereocenters. The van der Waals surface area contributed by atoms with Crippen molar-refractivity contribution in [1.82, 2.24) is 10.2 Å². The number of likely N-dealkylation sites (tertiary alicyclic amines) is 1. The standard InChI is InChI=1S/C14H26N2O3/c1-14(2,3)6-7-15-10-12(17)16-8-4-11(5-9-16)13(18)19/h11,15H,4-10H2,1-3H3,(H,18,19). The Morgan fingerprint density at radius 3 is 2.32 bits per heavy atom. The van der Waals surface area contributed by atoms with Crippen LogP contribution in [0.5, 0.6) is 0 Å². The van der Waals surface area contributed by atoms with Crippen molar-refractivity contribution in [2.24, 2.45) is 11.3 Å². The highest BCUT2D eigenvalue weighted by Gasteiger charge is 2.26. The lowest BCUT2D eigenvalue weighted by Crippen LogP contribution is -2.44. The molecule has 0 aliphatic carbocycles. The van der Waals surface area contributed by atoms with E-state index in [1.807, 2.05) is 0 Å². The Labute approximate surface area is 115 Å². The van der Waals surface area contributed by atoms with Crippen molar-refractivity contribution in [2.75, 3.05) is 26.2 Å². The van der Waals surface area contributed by atoms with E-state index in [-0.39, 0.29) is 17.2 Å². The zero-order chi connectivity index (χ0) is 14.5. The van der Waals surface area contributed by atoms with E-state index in [0.717, 1.165) is 13.0 Å².